The van der Waals surface area contributed by atoms with Crippen LogP contribution >= 0.6 is 11.6 Å². The Hall–Kier alpha value is -3.20. The number of hydrogen-bond acceptors (Lipinski definition) is 4. The van der Waals surface area contributed by atoms with Crippen LogP contribution in [0.2, 0.25) is 5.02 Å². The Labute approximate surface area is 210 Å². The van der Waals surface area contributed by atoms with E-state index in [1.807, 2.05) is 36.4 Å². The minimum Gasteiger partial charge on any atom is -0.351 e. The fourth-order valence-corrected chi connectivity index (χ4v) is 5.56. The van der Waals surface area contributed by atoms with Gasteiger partial charge in [0.2, 0.25) is 21.8 Å². The molecular weight excluding hydrogens is 486 g/mol. The van der Waals surface area contributed by atoms with E-state index in [2.05, 4.69) is 10.0 Å². The third-order valence-electron chi connectivity index (χ3n) is 5.94. The highest BCUT2D eigenvalue weighted by molar-refractivity contribution is 7.89. The predicted molar refractivity (Wildman–Crippen MR) is 136 cm³/mol. The summed E-state index contributed by atoms with van der Waals surface area (Å²) in [4.78, 5) is 26.6. The van der Waals surface area contributed by atoms with Gasteiger partial charge in [-0.25, -0.2) is 8.42 Å². The van der Waals surface area contributed by atoms with Gasteiger partial charge in [-0.2, -0.15) is 4.72 Å². The topological polar surface area (TPSA) is 95.6 Å². The third kappa shape index (κ3) is 5.90. The van der Waals surface area contributed by atoms with Crippen LogP contribution in [0.5, 0.6) is 0 Å². The van der Waals surface area contributed by atoms with Gasteiger partial charge < -0.3 is 10.2 Å². The molecule has 35 heavy (non-hydrogen) atoms. The van der Waals surface area contributed by atoms with Crippen LogP contribution in [0.15, 0.2) is 77.7 Å². The summed E-state index contributed by atoms with van der Waals surface area (Å²) in [5, 5.41) is 3.32. The molecule has 7 nitrogen and oxygen atoms in total. The van der Waals surface area contributed by atoms with E-state index in [9.17, 15) is 18.0 Å². The van der Waals surface area contributed by atoms with Crippen molar-refractivity contribution in [1.82, 2.24) is 10.0 Å². The molecule has 4 rings (SSSR count). The van der Waals surface area contributed by atoms with E-state index in [-0.39, 0.29) is 23.8 Å². The molecule has 0 aliphatic carbocycles. The zero-order valence-corrected chi connectivity index (χ0v) is 20.8. The highest BCUT2D eigenvalue weighted by Gasteiger charge is 2.29. The van der Waals surface area contributed by atoms with Gasteiger partial charge in [-0.15, -0.1) is 0 Å². The van der Waals surface area contributed by atoms with E-state index in [0.29, 0.717) is 18.0 Å². The van der Waals surface area contributed by atoms with Crippen molar-refractivity contribution in [3.8, 4) is 0 Å². The predicted octanol–water partition coefficient (Wildman–Crippen LogP) is 3.46. The Kier molecular flexibility index (Phi) is 7.54. The van der Waals surface area contributed by atoms with E-state index in [1.165, 1.54) is 13.0 Å². The summed E-state index contributed by atoms with van der Waals surface area (Å²) < 4.78 is 29.2. The lowest BCUT2D eigenvalue weighted by Crippen LogP contribution is -2.47. The summed E-state index contributed by atoms with van der Waals surface area (Å²) in [6, 6.07) is 20.0. The van der Waals surface area contributed by atoms with Gasteiger partial charge in [0.05, 0.1) is 4.90 Å². The molecule has 0 radical (unpaired) electrons. The summed E-state index contributed by atoms with van der Waals surface area (Å²) in [6.07, 6.45) is 0.752. The van der Waals surface area contributed by atoms with Crippen LogP contribution in [0.4, 0.5) is 5.69 Å². The highest BCUT2D eigenvalue weighted by atomic mass is 35.5. The molecular formula is C26H26ClN3O4S. The highest BCUT2D eigenvalue weighted by Crippen LogP contribution is 2.30. The molecule has 2 amide bonds. The van der Waals surface area contributed by atoms with Crippen LogP contribution in [0.3, 0.4) is 0 Å². The lowest BCUT2D eigenvalue weighted by molar-refractivity contribution is -0.123. The van der Waals surface area contributed by atoms with Crippen molar-refractivity contribution in [2.24, 2.45) is 0 Å². The van der Waals surface area contributed by atoms with Gasteiger partial charge in [-0.1, -0.05) is 60.1 Å². The quantitative estimate of drug-likeness (QED) is 0.484. The Morgan fingerprint density at radius 2 is 1.74 bits per heavy atom. The van der Waals surface area contributed by atoms with Crippen LogP contribution in [-0.2, 0) is 39.0 Å². The number of carbonyl (C=O) groups is 2. The molecule has 182 valence electrons. The Balaban J connectivity index is 1.55. The second kappa shape index (κ2) is 10.6. The molecule has 9 heteroatoms. The molecule has 1 heterocycles. The van der Waals surface area contributed by atoms with E-state index >= 15 is 0 Å². The Morgan fingerprint density at radius 3 is 2.46 bits per heavy atom. The van der Waals surface area contributed by atoms with Gasteiger partial charge in [-0.05, 0) is 53.8 Å². The first-order valence-electron chi connectivity index (χ1n) is 11.2. The zero-order valence-electron chi connectivity index (χ0n) is 19.2. The number of carbonyl (C=O) groups excluding carboxylic acids is 2. The SMILES string of the molecule is CC(=O)N1CCc2cc(S(=O)(=O)N[C@H](Cc3ccccc3)C(=O)NCc3ccccc3Cl)ccc21. The van der Waals surface area contributed by atoms with Crippen molar-refractivity contribution in [1.29, 1.82) is 0 Å². The summed E-state index contributed by atoms with van der Waals surface area (Å²) in [5.41, 5.74) is 3.05. The number of fused-ring (bicyclic) bond motifs is 1. The second-order valence-corrected chi connectivity index (χ2v) is 10.5. The number of hydrogen-bond donors (Lipinski definition) is 2. The van der Waals surface area contributed by atoms with Crippen molar-refractivity contribution in [2.75, 3.05) is 11.4 Å². The molecule has 3 aromatic rings. The lowest BCUT2D eigenvalue weighted by Gasteiger charge is -2.20. The average molecular weight is 512 g/mol. The third-order valence-corrected chi connectivity index (χ3v) is 7.78. The molecule has 0 unspecified atom stereocenters. The monoisotopic (exact) mass is 511 g/mol. The number of benzene rings is 3. The smallest absolute Gasteiger partial charge is 0.241 e. The van der Waals surface area contributed by atoms with E-state index in [1.54, 1.807) is 35.2 Å². The standard InChI is InChI=1S/C26H26ClN3O4S/c1-18(31)30-14-13-20-16-22(11-12-25(20)30)35(33,34)29-24(15-19-7-3-2-4-8-19)26(32)28-17-21-9-5-6-10-23(21)27/h2-12,16,24,29H,13-15,17H2,1H3,(H,28,32)/t24-/m1/s1. The first-order valence-corrected chi connectivity index (χ1v) is 13.1. The minimum absolute atomic E-state index is 0.0543. The molecule has 1 aliphatic rings. The maximum absolute atomic E-state index is 13.3. The summed E-state index contributed by atoms with van der Waals surface area (Å²) in [6.45, 7) is 2.17. The minimum atomic E-state index is -4.02. The van der Waals surface area contributed by atoms with E-state index in [4.69, 9.17) is 11.6 Å². The van der Waals surface area contributed by atoms with Crippen LogP contribution in [0.1, 0.15) is 23.6 Å². The Morgan fingerprint density at radius 1 is 1.03 bits per heavy atom. The zero-order chi connectivity index (χ0) is 25.0. The second-order valence-electron chi connectivity index (χ2n) is 8.38. The van der Waals surface area contributed by atoms with Crippen LogP contribution < -0.4 is 14.9 Å². The molecule has 3 aromatic carbocycles. The molecule has 0 spiro atoms. The number of amides is 2. The van der Waals surface area contributed by atoms with Crippen LogP contribution in [-0.4, -0.2) is 32.8 Å². The first kappa shape index (κ1) is 24.9. The fourth-order valence-electron chi connectivity index (χ4n) is 4.11. The normalized spacial score (nSPS) is 13.8. The van der Waals surface area contributed by atoms with Crippen molar-refractivity contribution in [3.05, 3.63) is 94.5 Å². The number of sulfonamides is 1. The molecule has 0 aromatic heterocycles. The number of rotatable bonds is 8. The van der Waals surface area contributed by atoms with Crippen molar-refractivity contribution in [2.45, 2.75) is 37.2 Å². The molecule has 1 aliphatic heterocycles. The Bertz CT molecular complexity index is 1350. The largest absolute Gasteiger partial charge is 0.351 e. The maximum atomic E-state index is 13.3. The lowest BCUT2D eigenvalue weighted by atomic mass is 10.1. The van der Waals surface area contributed by atoms with E-state index in [0.717, 1.165) is 22.4 Å². The fraction of sp³-hybridized carbons (Fsp3) is 0.231. The van der Waals surface area contributed by atoms with Crippen molar-refractivity contribution < 1.29 is 18.0 Å². The molecule has 0 saturated carbocycles. The summed E-state index contributed by atoms with van der Waals surface area (Å²) >= 11 is 6.19. The van der Waals surface area contributed by atoms with Crippen molar-refractivity contribution in [3.63, 3.8) is 0 Å². The van der Waals surface area contributed by atoms with Gasteiger partial charge in [0.15, 0.2) is 0 Å². The van der Waals surface area contributed by atoms with Gasteiger partial charge in [-0.3, -0.25) is 9.59 Å². The number of nitrogens with zero attached hydrogens (tertiary/aromatic N) is 1. The molecule has 0 saturated heterocycles. The summed E-state index contributed by atoms with van der Waals surface area (Å²) in [7, 11) is -4.02. The van der Waals surface area contributed by atoms with Crippen molar-refractivity contribution >= 4 is 39.1 Å². The molecule has 1 atom stereocenters. The molecule has 0 fully saturated rings. The van der Waals surface area contributed by atoms with Crippen LogP contribution in [0, 0.1) is 0 Å². The van der Waals surface area contributed by atoms with Gasteiger partial charge in [0.25, 0.3) is 0 Å². The van der Waals surface area contributed by atoms with Gasteiger partial charge in [0, 0.05) is 30.7 Å². The number of halogens is 1. The van der Waals surface area contributed by atoms with Crippen LogP contribution in [0.25, 0.3) is 0 Å². The average Bonchev–Trinajstić information content (AvgIpc) is 3.27. The first-order chi connectivity index (χ1) is 16.7. The maximum Gasteiger partial charge on any atom is 0.241 e. The number of anilines is 1. The molecule has 0 bridgehead atoms. The summed E-state index contributed by atoms with van der Waals surface area (Å²) in [5.74, 6) is -0.545. The van der Waals surface area contributed by atoms with E-state index < -0.39 is 22.0 Å². The molecule has 2 N–H and O–H groups in total. The number of nitrogens with one attached hydrogen (secondary N) is 2. The van der Waals surface area contributed by atoms with Gasteiger partial charge in [0.1, 0.15) is 6.04 Å². The van der Waals surface area contributed by atoms with Gasteiger partial charge >= 0.3 is 0 Å².